The van der Waals surface area contributed by atoms with Crippen molar-refractivity contribution in [1.29, 1.82) is 0 Å². The summed E-state index contributed by atoms with van der Waals surface area (Å²) in [6, 6.07) is 19.8. The summed E-state index contributed by atoms with van der Waals surface area (Å²) in [5, 5.41) is 7.86. The molecule has 5 heteroatoms. The molecule has 0 aliphatic heterocycles. The number of methoxy groups -OCH3 is 1. The van der Waals surface area contributed by atoms with E-state index in [0.29, 0.717) is 0 Å². The second-order valence-corrected chi connectivity index (χ2v) is 5.34. The maximum Gasteiger partial charge on any atom is 0.165 e. The van der Waals surface area contributed by atoms with Crippen LogP contribution < -0.4 is 10.1 Å². The summed E-state index contributed by atoms with van der Waals surface area (Å²) >= 11 is 0. The summed E-state index contributed by atoms with van der Waals surface area (Å²) in [4.78, 5) is 4.49. The number of hydrogen-bond acceptors (Lipinski definition) is 4. The Labute approximate surface area is 139 Å². The molecule has 0 radical (unpaired) electrons. The maximum absolute atomic E-state index is 5.19. The predicted molar refractivity (Wildman–Crippen MR) is 94.7 cm³/mol. The van der Waals surface area contributed by atoms with E-state index in [2.05, 4.69) is 27.5 Å². The molecule has 0 unspecified atom stereocenters. The highest BCUT2D eigenvalue weighted by Gasteiger charge is 2.10. The number of hydrogen-bond donors (Lipinski definition) is 1. The standard InChI is InChI=1S/C19H16N4O/c1-24-16-9-7-15(8-10-16)22-18-11-12-20-19-17(13-21-23(18)19)14-5-3-2-4-6-14/h2-13,22H,1H3. The minimum absolute atomic E-state index is 0.819. The zero-order chi connectivity index (χ0) is 16.4. The first-order valence-corrected chi connectivity index (χ1v) is 7.64. The van der Waals surface area contributed by atoms with Crippen molar-refractivity contribution in [2.45, 2.75) is 0 Å². The van der Waals surface area contributed by atoms with Crippen LogP contribution in [0, 0.1) is 0 Å². The second-order valence-electron chi connectivity index (χ2n) is 5.34. The number of benzene rings is 2. The lowest BCUT2D eigenvalue weighted by Crippen LogP contribution is -2.00. The van der Waals surface area contributed by atoms with Crippen LogP contribution in [0.15, 0.2) is 73.1 Å². The van der Waals surface area contributed by atoms with E-state index in [-0.39, 0.29) is 0 Å². The Kier molecular flexibility index (Phi) is 3.59. The van der Waals surface area contributed by atoms with Gasteiger partial charge in [-0.2, -0.15) is 9.61 Å². The molecule has 2 heterocycles. The van der Waals surface area contributed by atoms with Crippen LogP contribution in [0.5, 0.6) is 5.75 Å². The van der Waals surface area contributed by atoms with Gasteiger partial charge in [0.25, 0.3) is 0 Å². The van der Waals surface area contributed by atoms with Crippen molar-refractivity contribution in [3.8, 4) is 16.9 Å². The number of rotatable bonds is 4. The quantitative estimate of drug-likeness (QED) is 0.614. The van der Waals surface area contributed by atoms with E-state index in [9.17, 15) is 0 Å². The molecule has 0 aliphatic carbocycles. The van der Waals surface area contributed by atoms with Crippen molar-refractivity contribution in [3.63, 3.8) is 0 Å². The van der Waals surface area contributed by atoms with Crippen LogP contribution in [0.2, 0.25) is 0 Å². The predicted octanol–water partition coefficient (Wildman–Crippen LogP) is 4.15. The molecule has 0 saturated heterocycles. The van der Waals surface area contributed by atoms with E-state index < -0.39 is 0 Å². The number of ether oxygens (including phenoxy) is 1. The molecule has 0 bridgehead atoms. The van der Waals surface area contributed by atoms with Crippen molar-refractivity contribution in [1.82, 2.24) is 14.6 Å². The van der Waals surface area contributed by atoms with Gasteiger partial charge < -0.3 is 10.1 Å². The smallest absolute Gasteiger partial charge is 0.165 e. The molecule has 0 aliphatic rings. The molecule has 2 aromatic carbocycles. The van der Waals surface area contributed by atoms with E-state index in [1.54, 1.807) is 13.3 Å². The van der Waals surface area contributed by atoms with E-state index in [1.165, 1.54) is 0 Å². The Morgan fingerprint density at radius 3 is 2.50 bits per heavy atom. The third-order valence-electron chi connectivity index (χ3n) is 3.85. The molecule has 4 aromatic rings. The van der Waals surface area contributed by atoms with Gasteiger partial charge in [0.05, 0.1) is 13.3 Å². The Morgan fingerprint density at radius 1 is 0.958 bits per heavy atom. The summed E-state index contributed by atoms with van der Waals surface area (Å²) in [6.45, 7) is 0. The van der Waals surface area contributed by atoms with Crippen LogP contribution in [0.3, 0.4) is 0 Å². The van der Waals surface area contributed by atoms with Gasteiger partial charge in [0.15, 0.2) is 5.65 Å². The number of anilines is 2. The van der Waals surface area contributed by atoms with Gasteiger partial charge >= 0.3 is 0 Å². The van der Waals surface area contributed by atoms with Crippen molar-refractivity contribution >= 4 is 17.2 Å². The number of fused-ring (bicyclic) bond motifs is 1. The first-order chi connectivity index (χ1) is 11.8. The Morgan fingerprint density at radius 2 is 1.75 bits per heavy atom. The summed E-state index contributed by atoms with van der Waals surface area (Å²) in [6.07, 6.45) is 3.63. The highest BCUT2D eigenvalue weighted by atomic mass is 16.5. The minimum atomic E-state index is 0.819. The van der Waals surface area contributed by atoms with Crippen LogP contribution >= 0.6 is 0 Å². The van der Waals surface area contributed by atoms with Gasteiger partial charge in [-0.3, -0.25) is 0 Å². The second kappa shape index (κ2) is 6.04. The lowest BCUT2D eigenvalue weighted by Gasteiger charge is -2.09. The Hall–Kier alpha value is -3.34. The highest BCUT2D eigenvalue weighted by Crippen LogP contribution is 2.26. The van der Waals surface area contributed by atoms with Crippen molar-refractivity contribution in [2.75, 3.05) is 12.4 Å². The molecule has 0 saturated carbocycles. The third kappa shape index (κ3) is 2.56. The van der Waals surface area contributed by atoms with Gasteiger partial charge in [0, 0.05) is 17.4 Å². The fourth-order valence-electron chi connectivity index (χ4n) is 2.63. The van der Waals surface area contributed by atoms with Gasteiger partial charge in [0.1, 0.15) is 11.6 Å². The molecule has 2 aromatic heterocycles. The normalized spacial score (nSPS) is 10.7. The fourth-order valence-corrected chi connectivity index (χ4v) is 2.63. The number of nitrogens with zero attached hydrogens (tertiary/aromatic N) is 3. The molecule has 0 fully saturated rings. The van der Waals surface area contributed by atoms with Crippen molar-refractivity contribution in [2.24, 2.45) is 0 Å². The first kappa shape index (κ1) is 14.3. The molecule has 0 spiro atoms. The molecule has 4 rings (SSSR count). The van der Waals surface area contributed by atoms with Crippen LogP contribution in [-0.4, -0.2) is 21.7 Å². The average Bonchev–Trinajstić information content (AvgIpc) is 3.08. The molecule has 24 heavy (non-hydrogen) atoms. The largest absolute Gasteiger partial charge is 0.497 e. The Bertz CT molecular complexity index is 962. The monoisotopic (exact) mass is 316 g/mol. The molecule has 0 amide bonds. The summed E-state index contributed by atoms with van der Waals surface area (Å²) in [5.74, 6) is 1.68. The summed E-state index contributed by atoms with van der Waals surface area (Å²) in [5.41, 5.74) is 3.88. The fraction of sp³-hybridized carbons (Fsp3) is 0.0526. The van der Waals surface area contributed by atoms with Crippen molar-refractivity contribution < 1.29 is 4.74 Å². The van der Waals surface area contributed by atoms with E-state index in [1.807, 2.05) is 59.2 Å². The van der Waals surface area contributed by atoms with Crippen LogP contribution in [0.25, 0.3) is 16.8 Å². The van der Waals surface area contributed by atoms with Crippen LogP contribution in [0.4, 0.5) is 11.5 Å². The topological polar surface area (TPSA) is 51.5 Å². The van der Waals surface area contributed by atoms with Gasteiger partial charge in [-0.25, -0.2) is 4.98 Å². The lowest BCUT2D eigenvalue weighted by molar-refractivity contribution is 0.415. The van der Waals surface area contributed by atoms with Gasteiger partial charge in [-0.15, -0.1) is 0 Å². The molecule has 5 nitrogen and oxygen atoms in total. The summed E-state index contributed by atoms with van der Waals surface area (Å²) < 4.78 is 7.00. The van der Waals surface area contributed by atoms with E-state index in [4.69, 9.17) is 4.74 Å². The molecule has 0 atom stereocenters. The Balaban J connectivity index is 1.73. The number of nitrogens with one attached hydrogen (secondary N) is 1. The van der Waals surface area contributed by atoms with Gasteiger partial charge in [-0.05, 0) is 35.9 Å². The lowest BCUT2D eigenvalue weighted by atomic mass is 10.1. The minimum Gasteiger partial charge on any atom is -0.497 e. The van der Waals surface area contributed by atoms with E-state index >= 15 is 0 Å². The van der Waals surface area contributed by atoms with Crippen LogP contribution in [-0.2, 0) is 0 Å². The average molecular weight is 316 g/mol. The first-order valence-electron chi connectivity index (χ1n) is 7.64. The SMILES string of the molecule is COc1ccc(Nc2ccnc3c(-c4ccccc4)cnn23)cc1. The molecular weight excluding hydrogens is 300 g/mol. The number of aromatic nitrogens is 3. The maximum atomic E-state index is 5.19. The molecule has 1 N–H and O–H groups in total. The summed E-state index contributed by atoms with van der Waals surface area (Å²) in [7, 11) is 1.66. The van der Waals surface area contributed by atoms with Gasteiger partial charge in [-0.1, -0.05) is 30.3 Å². The molecular formula is C19H16N4O. The van der Waals surface area contributed by atoms with Crippen LogP contribution in [0.1, 0.15) is 0 Å². The van der Waals surface area contributed by atoms with Gasteiger partial charge in [0.2, 0.25) is 0 Å². The zero-order valence-corrected chi connectivity index (χ0v) is 13.2. The zero-order valence-electron chi connectivity index (χ0n) is 13.2. The molecule has 118 valence electrons. The third-order valence-corrected chi connectivity index (χ3v) is 3.85. The highest BCUT2D eigenvalue weighted by molar-refractivity contribution is 5.78. The van der Waals surface area contributed by atoms with E-state index in [0.717, 1.165) is 34.0 Å². The van der Waals surface area contributed by atoms with Crippen molar-refractivity contribution in [3.05, 3.63) is 73.1 Å².